The van der Waals surface area contributed by atoms with Gasteiger partial charge in [0.15, 0.2) is 0 Å². The zero-order valence-corrected chi connectivity index (χ0v) is 21.8. The van der Waals surface area contributed by atoms with E-state index in [1.54, 1.807) is 17.9 Å². The number of hydrogen-bond acceptors (Lipinski definition) is 4. The molecule has 0 spiro atoms. The van der Waals surface area contributed by atoms with Crippen LogP contribution >= 0.6 is 0 Å². The SMILES string of the molecule is COCCCN(CC(=O)Nc1cc(C(C)(C)C)nn1-c1cccc(C)c1)C(=O)C=Cc1ccccc1. The number of rotatable bonds is 10. The van der Waals surface area contributed by atoms with Crippen molar-refractivity contribution in [3.05, 3.63) is 83.6 Å². The monoisotopic (exact) mass is 488 g/mol. The fraction of sp³-hybridized carbons (Fsp3) is 0.345. The molecule has 0 radical (unpaired) electrons. The molecular weight excluding hydrogens is 452 g/mol. The smallest absolute Gasteiger partial charge is 0.247 e. The molecule has 1 N–H and O–H groups in total. The first kappa shape index (κ1) is 26.9. The van der Waals surface area contributed by atoms with Gasteiger partial charge in [-0.1, -0.05) is 63.2 Å². The Morgan fingerprint density at radius 1 is 1.08 bits per heavy atom. The normalized spacial score (nSPS) is 11.6. The predicted molar refractivity (Wildman–Crippen MR) is 144 cm³/mol. The molecule has 36 heavy (non-hydrogen) atoms. The standard InChI is InChI=1S/C29H36N4O3/c1-22-11-9-14-24(19-22)33-26(20-25(31-33)29(2,3)4)30-27(34)21-32(17-10-18-36-5)28(35)16-15-23-12-7-6-8-13-23/h6-9,11-16,19-20H,10,17-18,21H2,1-5H3,(H,30,34). The lowest BCUT2D eigenvalue weighted by Gasteiger charge is -2.21. The number of nitrogens with one attached hydrogen (secondary N) is 1. The molecule has 0 atom stereocenters. The molecule has 0 aliphatic rings. The van der Waals surface area contributed by atoms with E-state index in [1.807, 2.05) is 67.6 Å². The highest BCUT2D eigenvalue weighted by atomic mass is 16.5. The number of aromatic nitrogens is 2. The number of nitrogens with zero attached hydrogens (tertiary/aromatic N) is 3. The van der Waals surface area contributed by atoms with Gasteiger partial charge >= 0.3 is 0 Å². The number of anilines is 1. The molecule has 0 saturated carbocycles. The Kier molecular flexibility index (Phi) is 9.19. The van der Waals surface area contributed by atoms with Crippen LogP contribution in [0.1, 0.15) is 44.0 Å². The summed E-state index contributed by atoms with van der Waals surface area (Å²) in [4.78, 5) is 27.6. The van der Waals surface area contributed by atoms with E-state index in [9.17, 15) is 9.59 Å². The lowest BCUT2D eigenvalue weighted by molar-refractivity contribution is -0.130. The molecule has 7 nitrogen and oxygen atoms in total. The molecule has 0 aliphatic carbocycles. The molecule has 2 amide bonds. The first-order valence-corrected chi connectivity index (χ1v) is 12.2. The number of carbonyl (C=O) groups excluding carboxylic acids is 2. The second-order valence-electron chi connectivity index (χ2n) is 9.81. The Morgan fingerprint density at radius 3 is 2.50 bits per heavy atom. The molecule has 1 heterocycles. The Balaban J connectivity index is 1.80. The van der Waals surface area contributed by atoms with Crippen LogP contribution in [-0.2, 0) is 19.7 Å². The molecule has 0 fully saturated rings. The molecule has 1 aromatic heterocycles. The van der Waals surface area contributed by atoms with E-state index in [-0.39, 0.29) is 23.8 Å². The van der Waals surface area contributed by atoms with Gasteiger partial charge in [0.05, 0.1) is 11.4 Å². The minimum absolute atomic E-state index is 0.0779. The zero-order valence-electron chi connectivity index (χ0n) is 21.8. The molecule has 190 valence electrons. The second kappa shape index (κ2) is 12.3. The number of carbonyl (C=O) groups is 2. The Morgan fingerprint density at radius 2 is 1.83 bits per heavy atom. The van der Waals surface area contributed by atoms with Gasteiger partial charge in [0.25, 0.3) is 0 Å². The van der Waals surface area contributed by atoms with Crippen molar-refractivity contribution in [2.45, 2.75) is 39.5 Å². The van der Waals surface area contributed by atoms with E-state index >= 15 is 0 Å². The van der Waals surface area contributed by atoms with Crippen LogP contribution in [0.4, 0.5) is 5.82 Å². The predicted octanol–water partition coefficient (Wildman–Crippen LogP) is 5.00. The molecule has 0 bridgehead atoms. The molecule has 0 unspecified atom stereocenters. The van der Waals surface area contributed by atoms with E-state index in [1.165, 1.54) is 11.0 Å². The fourth-order valence-corrected chi connectivity index (χ4v) is 3.65. The summed E-state index contributed by atoms with van der Waals surface area (Å²) >= 11 is 0. The third-order valence-electron chi connectivity index (χ3n) is 5.63. The average molecular weight is 489 g/mol. The van der Waals surface area contributed by atoms with Gasteiger partial charge in [-0.05, 0) is 42.7 Å². The van der Waals surface area contributed by atoms with Crippen molar-refractivity contribution in [2.24, 2.45) is 0 Å². The summed E-state index contributed by atoms with van der Waals surface area (Å²) in [6.07, 6.45) is 3.89. The van der Waals surface area contributed by atoms with E-state index in [4.69, 9.17) is 9.84 Å². The highest BCUT2D eigenvalue weighted by Gasteiger charge is 2.22. The number of aryl methyl sites for hydroxylation is 1. The summed E-state index contributed by atoms with van der Waals surface area (Å²) in [6.45, 7) is 9.09. The van der Waals surface area contributed by atoms with E-state index < -0.39 is 0 Å². The van der Waals surface area contributed by atoms with Gasteiger partial charge in [0.1, 0.15) is 12.4 Å². The maximum atomic E-state index is 13.1. The van der Waals surface area contributed by atoms with Crippen LogP contribution in [0, 0.1) is 6.92 Å². The van der Waals surface area contributed by atoms with Crippen molar-refractivity contribution in [2.75, 3.05) is 32.1 Å². The largest absolute Gasteiger partial charge is 0.385 e. The Hall–Kier alpha value is -3.71. The molecule has 0 saturated heterocycles. The number of methoxy groups -OCH3 is 1. The van der Waals surface area contributed by atoms with Gasteiger partial charge in [-0.15, -0.1) is 0 Å². The minimum Gasteiger partial charge on any atom is -0.385 e. The van der Waals surface area contributed by atoms with Gasteiger partial charge in [-0.3, -0.25) is 9.59 Å². The maximum absolute atomic E-state index is 13.1. The van der Waals surface area contributed by atoms with Gasteiger partial charge in [0.2, 0.25) is 11.8 Å². The van der Waals surface area contributed by atoms with Gasteiger partial charge in [0, 0.05) is 37.8 Å². The van der Waals surface area contributed by atoms with Crippen molar-refractivity contribution in [1.29, 1.82) is 0 Å². The van der Waals surface area contributed by atoms with Crippen LogP contribution in [0.15, 0.2) is 66.7 Å². The molecule has 7 heteroatoms. The Labute approximate surface area is 213 Å². The van der Waals surface area contributed by atoms with Gasteiger partial charge in [-0.25, -0.2) is 4.68 Å². The van der Waals surface area contributed by atoms with Crippen LogP contribution in [-0.4, -0.2) is 53.3 Å². The summed E-state index contributed by atoms with van der Waals surface area (Å²) in [5, 5.41) is 7.76. The van der Waals surface area contributed by atoms with Crippen LogP contribution in [0.2, 0.25) is 0 Å². The number of amides is 2. The molecule has 0 aliphatic heterocycles. The highest BCUT2D eigenvalue weighted by molar-refractivity contribution is 5.97. The zero-order chi connectivity index (χ0) is 26.1. The number of hydrogen-bond donors (Lipinski definition) is 1. The molecule has 3 rings (SSSR count). The van der Waals surface area contributed by atoms with E-state index in [0.29, 0.717) is 25.4 Å². The van der Waals surface area contributed by atoms with E-state index in [2.05, 4.69) is 26.1 Å². The van der Waals surface area contributed by atoms with Crippen LogP contribution < -0.4 is 5.32 Å². The van der Waals surface area contributed by atoms with Crippen molar-refractivity contribution >= 4 is 23.7 Å². The number of ether oxygens (including phenoxy) is 1. The lowest BCUT2D eigenvalue weighted by Crippen LogP contribution is -2.38. The summed E-state index contributed by atoms with van der Waals surface area (Å²) in [5.41, 5.74) is 3.54. The highest BCUT2D eigenvalue weighted by Crippen LogP contribution is 2.26. The van der Waals surface area contributed by atoms with Crippen molar-refractivity contribution < 1.29 is 14.3 Å². The molecule has 3 aromatic rings. The van der Waals surface area contributed by atoms with Crippen molar-refractivity contribution in [3.8, 4) is 5.69 Å². The first-order chi connectivity index (χ1) is 17.2. The summed E-state index contributed by atoms with van der Waals surface area (Å²) < 4.78 is 6.89. The maximum Gasteiger partial charge on any atom is 0.247 e. The van der Waals surface area contributed by atoms with E-state index in [0.717, 1.165) is 22.5 Å². The lowest BCUT2D eigenvalue weighted by atomic mass is 9.92. The average Bonchev–Trinajstić information content (AvgIpc) is 3.27. The summed E-state index contributed by atoms with van der Waals surface area (Å²) in [7, 11) is 1.62. The fourth-order valence-electron chi connectivity index (χ4n) is 3.65. The molecular formula is C29H36N4O3. The van der Waals surface area contributed by atoms with Crippen LogP contribution in [0.5, 0.6) is 0 Å². The topological polar surface area (TPSA) is 76.5 Å². The van der Waals surface area contributed by atoms with Gasteiger partial charge < -0.3 is 15.0 Å². The first-order valence-electron chi connectivity index (χ1n) is 12.2. The Bertz CT molecular complexity index is 1190. The third-order valence-corrected chi connectivity index (χ3v) is 5.63. The summed E-state index contributed by atoms with van der Waals surface area (Å²) in [5.74, 6) is 0.0514. The second-order valence-corrected chi connectivity index (χ2v) is 9.81. The van der Waals surface area contributed by atoms with Crippen LogP contribution in [0.3, 0.4) is 0 Å². The number of benzene rings is 2. The van der Waals surface area contributed by atoms with Crippen LogP contribution in [0.25, 0.3) is 11.8 Å². The van der Waals surface area contributed by atoms with Crippen molar-refractivity contribution in [1.82, 2.24) is 14.7 Å². The van der Waals surface area contributed by atoms with Crippen molar-refractivity contribution in [3.63, 3.8) is 0 Å². The minimum atomic E-state index is -0.289. The quantitative estimate of drug-likeness (QED) is 0.322. The van der Waals surface area contributed by atoms with Gasteiger partial charge in [-0.2, -0.15) is 5.10 Å². The summed E-state index contributed by atoms with van der Waals surface area (Å²) in [6, 6.07) is 19.4. The third kappa shape index (κ3) is 7.65. The molecule has 2 aromatic carbocycles.